The van der Waals surface area contributed by atoms with Gasteiger partial charge >= 0.3 is 0 Å². The van der Waals surface area contributed by atoms with Crippen molar-refractivity contribution < 1.29 is 9.53 Å². The summed E-state index contributed by atoms with van der Waals surface area (Å²) in [5.74, 6) is 0.280. The minimum atomic E-state index is -0.227. The maximum absolute atomic E-state index is 13.3. The summed E-state index contributed by atoms with van der Waals surface area (Å²) in [5.41, 5.74) is 1.61. The van der Waals surface area contributed by atoms with E-state index in [4.69, 9.17) is 21.9 Å². The lowest BCUT2D eigenvalue weighted by atomic mass is 10.2. The van der Waals surface area contributed by atoms with E-state index < -0.39 is 0 Å². The molecule has 7 nitrogen and oxygen atoms in total. The van der Waals surface area contributed by atoms with E-state index in [1.807, 2.05) is 26.0 Å². The number of likely N-dealkylation sites (N-methyl/N-ethyl adjacent to an activating group) is 1. The van der Waals surface area contributed by atoms with Crippen molar-refractivity contribution in [2.24, 2.45) is 0 Å². The van der Waals surface area contributed by atoms with Gasteiger partial charge in [-0.3, -0.25) is 18.9 Å². The van der Waals surface area contributed by atoms with Gasteiger partial charge in [0.2, 0.25) is 0 Å². The summed E-state index contributed by atoms with van der Waals surface area (Å²) < 4.78 is 7.69. The molecule has 1 atom stereocenters. The fraction of sp³-hybridized carbons (Fsp3) is 0.400. The molecule has 4 heterocycles. The topological polar surface area (TPSA) is 75.9 Å². The molecule has 0 aliphatic carbocycles. The fourth-order valence-corrected chi connectivity index (χ4v) is 4.86. The number of nitrogens with zero attached hydrogens (tertiary/aromatic N) is 3. The maximum Gasteiger partial charge on any atom is 0.267 e. The van der Waals surface area contributed by atoms with Gasteiger partial charge in [0.15, 0.2) is 0 Å². The molecule has 2 aliphatic heterocycles. The van der Waals surface area contributed by atoms with Crippen LogP contribution in [0.4, 0.5) is 5.82 Å². The highest BCUT2D eigenvalue weighted by Gasteiger charge is 2.31. The number of carbonyl (C=O) groups excluding carboxylic acids is 1. The molecule has 0 saturated carbocycles. The predicted octanol–water partition coefficient (Wildman–Crippen LogP) is 2.81. The Labute approximate surface area is 178 Å². The van der Waals surface area contributed by atoms with Crippen molar-refractivity contribution >= 4 is 51.7 Å². The number of pyridine rings is 1. The number of amides is 1. The van der Waals surface area contributed by atoms with Crippen LogP contribution in [-0.4, -0.2) is 50.3 Å². The second kappa shape index (κ2) is 8.25. The number of hydrogen-bond donors (Lipinski definition) is 1. The maximum atomic E-state index is 13.3. The van der Waals surface area contributed by atoms with E-state index in [0.29, 0.717) is 39.3 Å². The minimum Gasteiger partial charge on any atom is -0.376 e. The van der Waals surface area contributed by atoms with E-state index >= 15 is 0 Å². The van der Waals surface area contributed by atoms with Gasteiger partial charge in [0.05, 0.1) is 16.6 Å². The molecule has 0 unspecified atom stereocenters. The Morgan fingerprint density at radius 3 is 2.97 bits per heavy atom. The van der Waals surface area contributed by atoms with Crippen molar-refractivity contribution in [1.29, 1.82) is 0 Å². The van der Waals surface area contributed by atoms with Crippen LogP contribution in [0.5, 0.6) is 0 Å². The molecular weight excluding hydrogens is 408 g/mol. The van der Waals surface area contributed by atoms with Crippen LogP contribution in [0.25, 0.3) is 11.7 Å². The molecule has 0 aromatic carbocycles. The molecule has 29 heavy (non-hydrogen) atoms. The number of nitrogens with one attached hydrogen (secondary N) is 1. The Morgan fingerprint density at radius 2 is 2.28 bits per heavy atom. The van der Waals surface area contributed by atoms with E-state index in [9.17, 15) is 9.59 Å². The van der Waals surface area contributed by atoms with Crippen LogP contribution in [0.1, 0.15) is 30.9 Å². The number of anilines is 1. The fourth-order valence-electron chi connectivity index (χ4n) is 3.50. The lowest BCUT2D eigenvalue weighted by Crippen LogP contribution is -2.27. The van der Waals surface area contributed by atoms with Gasteiger partial charge in [0, 0.05) is 25.9 Å². The zero-order valence-electron chi connectivity index (χ0n) is 16.3. The molecule has 2 aromatic rings. The molecule has 2 aromatic heterocycles. The smallest absolute Gasteiger partial charge is 0.267 e. The Balaban J connectivity index is 1.80. The van der Waals surface area contributed by atoms with E-state index in [2.05, 4.69) is 5.32 Å². The monoisotopic (exact) mass is 430 g/mol. The molecule has 0 bridgehead atoms. The van der Waals surface area contributed by atoms with Crippen LogP contribution in [-0.2, 0) is 9.53 Å². The van der Waals surface area contributed by atoms with Gasteiger partial charge in [-0.15, -0.1) is 0 Å². The molecule has 4 rings (SSSR count). The SMILES string of the molecule is CCN1C(=O)/C(=C/c2c(NC[C@H]3CCCO3)nc3c(C)cccn3c2=O)SC1=S. The van der Waals surface area contributed by atoms with Crippen molar-refractivity contribution in [2.75, 3.05) is 25.0 Å². The molecule has 152 valence electrons. The first-order valence-electron chi connectivity index (χ1n) is 9.62. The Bertz CT molecular complexity index is 1070. The van der Waals surface area contributed by atoms with Gasteiger partial charge in [-0.1, -0.05) is 30.0 Å². The normalized spacial score (nSPS) is 21.0. The molecule has 9 heteroatoms. The highest BCUT2D eigenvalue weighted by atomic mass is 32.2. The first kappa shape index (κ1) is 20.1. The lowest BCUT2D eigenvalue weighted by Gasteiger charge is -2.15. The molecule has 2 saturated heterocycles. The van der Waals surface area contributed by atoms with E-state index in [1.165, 1.54) is 21.1 Å². The van der Waals surface area contributed by atoms with Crippen LogP contribution >= 0.6 is 24.0 Å². The van der Waals surface area contributed by atoms with Crippen LogP contribution in [0.3, 0.4) is 0 Å². The van der Waals surface area contributed by atoms with Crippen molar-refractivity contribution in [2.45, 2.75) is 32.8 Å². The lowest BCUT2D eigenvalue weighted by molar-refractivity contribution is -0.121. The zero-order valence-corrected chi connectivity index (χ0v) is 17.9. The summed E-state index contributed by atoms with van der Waals surface area (Å²) in [6.45, 7) is 5.60. The van der Waals surface area contributed by atoms with E-state index in [0.717, 1.165) is 25.0 Å². The molecule has 0 radical (unpaired) electrons. The van der Waals surface area contributed by atoms with Gasteiger partial charge < -0.3 is 10.1 Å². The van der Waals surface area contributed by atoms with Gasteiger partial charge in [-0.05, 0) is 44.4 Å². The molecular formula is C20H22N4O3S2. The Hall–Kier alpha value is -2.23. The third-order valence-corrected chi connectivity index (χ3v) is 6.45. The third-order valence-electron chi connectivity index (χ3n) is 5.07. The predicted molar refractivity (Wildman–Crippen MR) is 119 cm³/mol. The summed E-state index contributed by atoms with van der Waals surface area (Å²) >= 11 is 6.50. The van der Waals surface area contributed by atoms with E-state index in [1.54, 1.807) is 12.3 Å². The average Bonchev–Trinajstić information content (AvgIpc) is 3.31. The number of fused-ring (bicyclic) bond motifs is 1. The van der Waals surface area contributed by atoms with Crippen LogP contribution in [0, 0.1) is 6.92 Å². The van der Waals surface area contributed by atoms with Gasteiger partial charge in [0.25, 0.3) is 11.5 Å². The summed E-state index contributed by atoms with van der Waals surface area (Å²) in [4.78, 5) is 32.6. The van der Waals surface area contributed by atoms with Crippen molar-refractivity contribution in [3.63, 3.8) is 0 Å². The largest absolute Gasteiger partial charge is 0.376 e. The van der Waals surface area contributed by atoms with Crippen LogP contribution in [0.15, 0.2) is 28.0 Å². The molecule has 0 spiro atoms. The second-order valence-corrected chi connectivity index (χ2v) is 8.68. The first-order chi connectivity index (χ1) is 14.0. The molecule has 1 N–H and O–H groups in total. The van der Waals surface area contributed by atoms with E-state index in [-0.39, 0.29) is 17.6 Å². The van der Waals surface area contributed by atoms with Crippen LogP contribution in [0.2, 0.25) is 0 Å². The number of thioether (sulfide) groups is 1. The number of ether oxygens (including phenoxy) is 1. The number of carbonyl (C=O) groups is 1. The van der Waals surface area contributed by atoms with Crippen molar-refractivity contribution in [3.8, 4) is 0 Å². The minimum absolute atomic E-state index is 0.0956. The highest BCUT2D eigenvalue weighted by Crippen LogP contribution is 2.32. The molecule has 2 fully saturated rings. The first-order valence-corrected chi connectivity index (χ1v) is 10.8. The number of aromatic nitrogens is 2. The molecule has 2 aliphatic rings. The zero-order chi connectivity index (χ0) is 20.5. The highest BCUT2D eigenvalue weighted by molar-refractivity contribution is 8.26. The van der Waals surface area contributed by atoms with Gasteiger partial charge in [-0.25, -0.2) is 4.98 Å². The number of rotatable bonds is 5. The number of aryl methyl sites for hydroxylation is 1. The molecule has 1 amide bonds. The number of hydrogen-bond acceptors (Lipinski definition) is 7. The summed E-state index contributed by atoms with van der Waals surface area (Å²) in [6.07, 6.45) is 5.40. The number of thiocarbonyl (C=S) groups is 1. The van der Waals surface area contributed by atoms with Crippen molar-refractivity contribution in [3.05, 3.63) is 44.7 Å². The third kappa shape index (κ3) is 3.82. The van der Waals surface area contributed by atoms with Gasteiger partial charge in [0.1, 0.15) is 15.8 Å². The second-order valence-electron chi connectivity index (χ2n) is 7.01. The summed E-state index contributed by atoms with van der Waals surface area (Å²) in [6, 6.07) is 3.73. The summed E-state index contributed by atoms with van der Waals surface area (Å²) in [7, 11) is 0. The van der Waals surface area contributed by atoms with Crippen molar-refractivity contribution in [1.82, 2.24) is 14.3 Å². The van der Waals surface area contributed by atoms with Crippen LogP contribution < -0.4 is 10.9 Å². The van der Waals surface area contributed by atoms with Gasteiger partial charge in [-0.2, -0.15) is 0 Å². The Kier molecular flexibility index (Phi) is 5.71. The summed E-state index contributed by atoms with van der Waals surface area (Å²) in [5, 5.41) is 3.28. The standard InChI is InChI=1S/C20H22N4O3S2/c1-3-23-19(26)15(29-20(23)28)10-14-16(21-11-13-7-5-9-27-13)22-17-12(2)6-4-8-24(17)18(14)25/h4,6,8,10,13,21H,3,5,7,9,11H2,1-2H3/b15-10-/t13-/m1/s1. The average molecular weight is 431 g/mol. The quantitative estimate of drug-likeness (QED) is 0.577. The Morgan fingerprint density at radius 1 is 1.45 bits per heavy atom.